The van der Waals surface area contributed by atoms with Crippen molar-refractivity contribution in [2.45, 2.75) is 71.7 Å². The van der Waals surface area contributed by atoms with Crippen LogP contribution in [0.5, 0.6) is 0 Å². The van der Waals surface area contributed by atoms with E-state index in [1.54, 1.807) is 0 Å². The van der Waals surface area contributed by atoms with Gasteiger partial charge in [-0.1, -0.05) is 30.3 Å². The summed E-state index contributed by atoms with van der Waals surface area (Å²) < 4.78 is 2.07. The monoisotopic (exact) mass is 511 g/mol. The SMILES string of the molecule is CCNC(=NCc1c(C)nn(Cc2ccccc2)c1C)NC1CCC(O)CC1.I. The first-order valence-corrected chi connectivity index (χ1v) is 10.4. The van der Waals surface area contributed by atoms with Crippen LogP contribution in [0.4, 0.5) is 0 Å². The van der Waals surface area contributed by atoms with Crippen LogP contribution in [0.2, 0.25) is 0 Å². The molecule has 160 valence electrons. The van der Waals surface area contributed by atoms with Gasteiger partial charge in [0, 0.05) is 23.8 Å². The topological polar surface area (TPSA) is 74.5 Å². The molecule has 6 nitrogen and oxygen atoms in total. The quantitative estimate of drug-likeness (QED) is 0.315. The van der Waals surface area contributed by atoms with E-state index in [0.29, 0.717) is 12.6 Å². The summed E-state index contributed by atoms with van der Waals surface area (Å²) in [6, 6.07) is 10.8. The zero-order valence-corrected chi connectivity index (χ0v) is 20.0. The smallest absolute Gasteiger partial charge is 0.191 e. The molecule has 1 aliphatic carbocycles. The second kappa shape index (κ2) is 11.5. The second-order valence-corrected chi connectivity index (χ2v) is 7.64. The molecule has 0 amide bonds. The highest BCUT2D eigenvalue weighted by Gasteiger charge is 2.20. The van der Waals surface area contributed by atoms with Crippen molar-refractivity contribution in [3.8, 4) is 0 Å². The number of halogens is 1. The number of aliphatic imine (C=N–C) groups is 1. The largest absolute Gasteiger partial charge is 0.393 e. The maximum Gasteiger partial charge on any atom is 0.191 e. The Morgan fingerprint density at radius 3 is 2.52 bits per heavy atom. The van der Waals surface area contributed by atoms with E-state index in [4.69, 9.17) is 10.1 Å². The first-order chi connectivity index (χ1) is 13.6. The average Bonchev–Trinajstić information content (AvgIpc) is 2.95. The molecule has 1 aliphatic rings. The molecule has 2 aromatic rings. The van der Waals surface area contributed by atoms with Crippen LogP contribution in [-0.2, 0) is 13.1 Å². The fraction of sp³-hybridized carbons (Fsp3) is 0.545. The van der Waals surface area contributed by atoms with Gasteiger partial charge in [0.25, 0.3) is 0 Å². The standard InChI is InChI=1S/C22H33N5O.HI/c1-4-23-22(25-19-10-12-20(28)13-11-19)24-14-21-16(2)26-27(17(21)3)15-18-8-6-5-7-9-18;/h5-9,19-20,28H,4,10-15H2,1-3H3,(H2,23,24,25);1H. The molecule has 0 saturated heterocycles. The number of aliphatic hydroxyl groups is 1. The molecule has 1 heterocycles. The lowest BCUT2D eigenvalue weighted by Crippen LogP contribution is -2.45. The van der Waals surface area contributed by atoms with Crippen LogP contribution >= 0.6 is 24.0 Å². The van der Waals surface area contributed by atoms with Gasteiger partial charge in [-0.25, -0.2) is 4.99 Å². The average molecular weight is 511 g/mol. The molecule has 7 heteroatoms. The zero-order chi connectivity index (χ0) is 19.9. The summed E-state index contributed by atoms with van der Waals surface area (Å²) in [6.45, 7) is 8.47. The molecule has 1 saturated carbocycles. The maximum atomic E-state index is 9.70. The van der Waals surface area contributed by atoms with Crippen molar-refractivity contribution in [3.05, 3.63) is 52.8 Å². The number of hydrogen-bond acceptors (Lipinski definition) is 3. The summed E-state index contributed by atoms with van der Waals surface area (Å²) in [4.78, 5) is 4.82. The lowest BCUT2D eigenvalue weighted by molar-refractivity contribution is 0.120. The molecule has 1 aromatic carbocycles. The lowest BCUT2D eigenvalue weighted by Gasteiger charge is -2.27. The minimum atomic E-state index is -0.140. The van der Waals surface area contributed by atoms with Crippen LogP contribution in [0.25, 0.3) is 0 Å². The molecule has 1 aromatic heterocycles. The van der Waals surface area contributed by atoms with E-state index in [9.17, 15) is 5.11 Å². The number of aliphatic hydroxyl groups excluding tert-OH is 1. The summed E-state index contributed by atoms with van der Waals surface area (Å²) in [5.74, 6) is 0.846. The molecule has 0 unspecified atom stereocenters. The molecule has 3 N–H and O–H groups in total. The Morgan fingerprint density at radius 1 is 1.17 bits per heavy atom. The minimum absolute atomic E-state index is 0. The molecule has 0 atom stereocenters. The van der Waals surface area contributed by atoms with Crippen molar-refractivity contribution < 1.29 is 5.11 Å². The van der Waals surface area contributed by atoms with Crippen molar-refractivity contribution >= 4 is 29.9 Å². The molecular weight excluding hydrogens is 477 g/mol. The second-order valence-electron chi connectivity index (χ2n) is 7.64. The van der Waals surface area contributed by atoms with Gasteiger partial charge in [0.2, 0.25) is 0 Å². The van der Waals surface area contributed by atoms with E-state index in [-0.39, 0.29) is 30.1 Å². The van der Waals surface area contributed by atoms with Crippen molar-refractivity contribution in [2.24, 2.45) is 4.99 Å². The molecule has 29 heavy (non-hydrogen) atoms. The zero-order valence-electron chi connectivity index (χ0n) is 17.7. The number of hydrogen-bond donors (Lipinski definition) is 3. The molecule has 1 fully saturated rings. The Bertz CT molecular complexity index is 782. The molecule has 0 bridgehead atoms. The number of nitrogens with zero attached hydrogens (tertiary/aromatic N) is 3. The van der Waals surface area contributed by atoms with Crippen LogP contribution in [-0.4, -0.2) is 39.5 Å². The third kappa shape index (κ3) is 6.70. The van der Waals surface area contributed by atoms with Crippen LogP contribution in [0, 0.1) is 13.8 Å². The number of guanidine groups is 1. The van der Waals surface area contributed by atoms with Gasteiger partial charge in [0.05, 0.1) is 24.9 Å². The molecule has 0 spiro atoms. The Hall–Kier alpha value is -1.61. The normalized spacial score (nSPS) is 19.5. The van der Waals surface area contributed by atoms with E-state index in [2.05, 4.69) is 60.4 Å². The van der Waals surface area contributed by atoms with Gasteiger partial charge >= 0.3 is 0 Å². The highest BCUT2D eigenvalue weighted by molar-refractivity contribution is 14.0. The Balaban J connectivity index is 0.00000300. The van der Waals surface area contributed by atoms with E-state index in [1.807, 2.05) is 6.07 Å². The number of nitrogens with one attached hydrogen (secondary N) is 2. The van der Waals surface area contributed by atoms with Crippen LogP contribution < -0.4 is 10.6 Å². The van der Waals surface area contributed by atoms with Crippen molar-refractivity contribution in [1.29, 1.82) is 0 Å². The number of aromatic nitrogens is 2. The van der Waals surface area contributed by atoms with E-state index in [1.165, 1.54) is 16.8 Å². The summed E-state index contributed by atoms with van der Waals surface area (Å²) in [5.41, 5.74) is 4.64. The third-order valence-electron chi connectivity index (χ3n) is 5.48. The first kappa shape index (κ1) is 23.7. The molecular formula is C22H34IN5O. The fourth-order valence-corrected chi connectivity index (χ4v) is 3.76. The Kier molecular flexibility index (Phi) is 9.42. The highest BCUT2D eigenvalue weighted by atomic mass is 127. The van der Waals surface area contributed by atoms with E-state index >= 15 is 0 Å². The lowest BCUT2D eigenvalue weighted by atomic mass is 9.93. The predicted molar refractivity (Wildman–Crippen MR) is 129 cm³/mol. The summed E-state index contributed by atoms with van der Waals surface area (Å²) in [5, 5.41) is 21.3. The van der Waals surface area contributed by atoms with Crippen molar-refractivity contribution in [1.82, 2.24) is 20.4 Å². The molecule has 0 radical (unpaired) electrons. The summed E-state index contributed by atoms with van der Waals surface area (Å²) in [7, 11) is 0. The van der Waals surface area contributed by atoms with E-state index < -0.39 is 0 Å². The maximum absolute atomic E-state index is 9.70. The van der Waals surface area contributed by atoms with Crippen molar-refractivity contribution in [3.63, 3.8) is 0 Å². The highest BCUT2D eigenvalue weighted by Crippen LogP contribution is 2.19. The van der Waals surface area contributed by atoms with Gasteiger partial charge in [0.1, 0.15) is 0 Å². The Morgan fingerprint density at radius 2 is 1.86 bits per heavy atom. The van der Waals surface area contributed by atoms with Crippen LogP contribution in [0.3, 0.4) is 0 Å². The predicted octanol–water partition coefficient (Wildman–Crippen LogP) is 3.52. The first-order valence-electron chi connectivity index (χ1n) is 10.4. The third-order valence-corrected chi connectivity index (χ3v) is 5.48. The summed E-state index contributed by atoms with van der Waals surface area (Å²) >= 11 is 0. The Labute approximate surface area is 191 Å². The van der Waals surface area contributed by atoms with Gasteiger partial charge in [-0.15, -0.1) is 24.0 Å². The van der Waals surface area contributed by atoms with E-state index in [0.717, 1.165) is 50.4 Å². The van der Waals surface area contributed by atoms with Gasteiger partial charge < -0.3 is 15.7 Å². The van der Waals surface area contributed by atoms with Gasteiger partial charge in [-0.3, -0.25) is 4.68 Å². The summed E-state index contributed by atoms with van der Waals surface area (Å²) in [6.07, 6.45) is 3.55. The van der Waals surface area contributed by atoms with Gasteiger partial charge in [-0.2, -0.15) is 5.10 Å². The number of rotatable bonds is 6. The molecule has 3 rings (SSSR count). The minimum Gasteiger partial charge on any atom is -0.393 e. The molecule has 0 aliphatic heterocycles. The fourth-order valence-electron chi connectivity index (χ4n) is 3.76. The number of aryl methyl sites for hydroxylation is 1. The van der Waals surface area contributed by atoms with Crippen LogP contribution in [0.15, 0.2) is 35.3 Å². The number of benzene rings is 1. The van der Waals surface area contributed by atoms with Gasteiger partial charge in [0.15, 0.2) is 5.96 Å². The van der Waals surface area contributed by atoms with Crippen LogP contribution in [0.1, 0.15) is 55.1 Å². The van der Waals surface area contributed by atoms with Gasteiger partial charge in [-0.05, 0) is 52.0 Å². The van der Waals surface area contributed by atoms with Crippen molar-refractivity contribution in [2.75, 3.05) is 6.54 Å².